The lowest BCUT2D eigenvalue weighted by Gasteiger charge is -2.35. The highest BCUT2D eigenvalue weighted by Gasteiger charge is 2.29. The molecular formula is C15H22N2O3S. The number of piperidine rings is 1. The van der Waals surface area contributed by atoms with Gasteiger partial charge >= 0.3 is 5.97 Å². The molecular weight excluding hydrogens is 288 g/mol. The molecule has 0 unspecified atom stereocenters. The molecule has 1 fully saturated rings. The van der Waals surface area contributed by atoms with Crippen LogP contribution in [0.2, 0.25) is 0 Å². The molecule has 2 heterocycles. The minimum absolute atomic E-state index is 0.0338. The van der Waals surface area contributed by atoms with Crippen molar-refractivity contribution in [3.05, 3.63) is 16.1 Å². The Morgan fingerprint density at radius 3 is 2.86 bits per heavy atom. The Kier molecular flexibility index (Phi) is 5.33. The van der Waals surface area contributed by atoms with Crippen molar-refractivity contribution in [3.63, 3.8) is 0 Å². The molecule has 1 aliphatic heterocycles. The predicted molar refractivity (Wildman–Crippen MR) is 81.7 cm³/mol. The second-order valence-corrected chi connectivity index (χ2v) is 6.70. The smallest absolute Gasteiger partial charge is 0.303 e. The lowest BCUT2D eigenvalue weighted by molar-refractivity contribution is -0.137. The van der Waals surface area contributed by atoms with E-state index in [0.717, 1.165) is 24.3 Å². The molecule has 1 N–H and O–H groups in total. The van der Waals surface area contributed by atoms with Crippen LogP contribution in [0.25, 0.3) is 0 Å². The van der Waals surface area contributed by atoms with E-state index in [1.807, 2.05) is 10.3 Å². The molecule has 6 heteroatoms. The molecule has 0 aliphatic carbocycles. The quantitative estimate of drug-likeness (QED) is 0.907. The number of rotatable bonds is 5. The van der Waals surface area contributed by atoms with E-state index in [1.165, 1.54) is 11.3 Å². The molecule has 2 rings (SSSR count). The van der Waals surface area contributed by atoms with E-state index < -0.39 is 5.97 Å². The molecule has 1 saturated heterocycles. The van der Waals surface area contributed by atoms with Gasteiger partial charge in [0.1, 0.15) is 5.69 Å². The Balaban J connectivity index is 2.08. The van der Waals surface area contributed by atoms with Gasteiger partial charge < -0.3 is 10.0 Å². The molecule has 1 atom stereocenters. The number of carbonyl (C=O) groups excluding carboxylic acids is 1. The van der Waals surface area contributed by atoms with Crippen LogP contribution in [0, 0.1) is 0 Å². The SMILES string of the molecule is CC(C)c1nc(C(=O)N2CCCC[C@H]2CCC(=O)O)cs1. The zero-order valence-corrected chi connectivity index (χ0v) is 13.4. The summed E-state index contributed by atoms with van der Waals surface area (Å²) in [6.07, 6.45) is 3.57. The van der Waals surface area contributed by atoms with Gasteiger partial charge in [0.2, 0.25) is 0 Å². The fourth-order valence-electron chi connectivity index (χ4n) is 2.66. The van der Waals surface area contributed by atoms with Gasteiger partial charge in [0.05, 0.1) is 5.01 Å². The van der Waals surface area contributed by atoms with Gasteiger partial charge in [0.25, 0.3) is 5.91 Å². The zero-order valence-electron chi connectivity index (χ0n) is 12.5. The number of carbonyl (C=O) groups is 2. The van der Waals surface area contributed by atoms with E-state index >= 15 is 0 Å². The van der Waals surface area contributed by atoms with Crippen LogP contribution in [-0.2, 0) is 4.79 Å². The van der Waals surface area contributed by atoms with Crippen LogP contribution in [-0.4, -0.2) is 39.5 Å². The first-order valence-corrected chi connectivity index (χ1v) is 8.35. The standard InChI is InChI=1S/C15H22N2O3S/c1-10(2)14-16-12(9-21-14)15(20)17-8-4-3-5-11(17)6-7-13(18)19/h9-11H,3-8H2,1-2H3,(H,18,19)/t11-/m0/s1. The fourth-order valence-corrected chi connectivity index (χ4v) is 3.47. The normalized spacial score (nSPS) is 19.0. The molecule has 0 radical (unpaired) electrons. The predicted octanol–water partition coefficient (Wildman–Crippen LogP) is 3.13. The summed E-state index contributed by atoms with van der Waals surface area (Å²) in [6, 6.07) is 0.0338. The van der Waals surface area contributed by atoms with E-state index in [2.05, 4.69) is 18.8 Å². The summed E-state index contributed by atoms with van der Waals surface area (Å²) in [5.41, 5.74) is 0.505. The first kappa shape index (κ1) is 15.9. The van der Waals surface area contributed by atoms with E-state index in [4.69, 9.17) is 5.11 Å². The summed E-state index contributed by atoms with van der Waals surface area (Å²) < 4.78 is 0. The summed E-state index contributed by atoms with van der Waals surface area (Å²) in [5.74, 6) is -0.530. The van der Waals surface area contributed by atoms with E-state index in [0.29, 0.717) is 24.6 Å². The number of aromatic nitrogens is 1. The highest BCUT2D eigenvalue weighted by Crippen LogP contribution is 2.25. The van der Waals surface area contributed by atoms with E-state index in [1.54, 1.807) is 0 Å². The number of amides is 1. The van der Waals surface area contributed by atoms with Gasteiger partial charge in [-0.2, -0.15) is 0 Å². The van der Waals surface area contributed by atoms with Crippen molar-refractivity contribution >= 4 is 23.2 Å². The number of carboxylic acids is 1. The van der Waals surface area contributed by atoms with Gasteiger partial charge in [-0.1, -0.05) is 13.8 Å². The molecule has 0 saturated carbocycles. The van der Waals surface area contributed by atoms with Crippen molar-refractivity contribution < 1.29 is 14.7 Å². The minimum Gasteiger partial charge on any atom is -0.481 e. The largest absolute Gasteiger partial charge is 0.481 e. The van der Waals surface area contributed by atoms with Crippen molar-refractivity contribution in [3.8, 4) is 0 Å². The van der Waals surface area contributed by atoms with Gasteiger partial charge in [-0.05, 0) is 25.7 Å². The van der Waals surface area contributed by atoms with Crippen LogP contribution >= 0.6 is 11.3 Å². The van der Waals surface area contributed by atoms with Crippen LogP contribution < -0.4 is 0 Å². The number of aliphatic carboxylic acids is 1. The Labute approximate surface area is 129 Å². The topological polar surface area (TPSA) is 70.5 Å². The first-order valence-electron chi connectivity index (χ1n) is 7.47. The third-order valence-electron chi connectivity index (χ3n) is 3.81. The number of hydrogen-bond donors (Lipinski definition) is 1. The Morgan fingerprint density at radius 1 is 1.48 bits per heavy atom. The molecule has 1 aromatic heterocycles. The number of carboxylic acid groups (broad SMARTS) is 1. The van der Waals surface area contributed by atoms with Crippen molar-refractivity contribution in [2.75, 3.05) is 6.54 Å². The maximum absolute atomic E-state index is 12.6. The van der Waals surface area contributed by atoms with E-state index in [-0.39, 0.29) is 18.4 Å². The first-order chi connectivity index (χ1) is 9.99. The highest BCUT2D eigenvalue weighted by molar-refractivity contribution is 7.09. The van der Waals surface area contributed by atoms with Crippen LogP contribution in [0.15, 0.2) is 5.38 Å². The van der Waals surface area contributed by atoms with Gasteiger partial charge in [-0.15, -0.1) is 11.3 Å². The minimum atomic E-state index is -0.802. The van der Waals surface area contributed by atoms with Crippen LogP contribution in [0.5, 0.6) is 0 Å². The lowest BCUT2D eigenvalue weighted by atomic mass is 9.97. The number of likely N-dealkylation sites (tertiary alicyclic amines) is 1. The molecule has 1 aliphatic rings. The number of thiazole rings is 1. The van der Waals surface area contributed by atoms with Gasteiger partial charge in [0.15, 0.2) is 0 Å². The Morgan fingerprint density at radius 2 is 2.24 bits per heavy atom. The average molecular weight is 310 g/mol. The molecule has 0 spiro atoms. The zero-order chi connectivity index (χ0) is 15.4. The summed E-state index contributed by atoms with van der Waals surface area (Å²) in [4.78, 5) is 29.6. The summed E-state index contributed by atoms with van der Waals surface area (Å²) in [6.45, 7) is 4.82. The fraction of sp³-hybridized carbons (Fsp3) is 0.667. The van der Waals surface area contributed by atoms with E-state index in [9.17, 15) is 9.59 Å². The van der Waals surface area contributed by atoms with Gasteiger partial charge in [0, 0.05) is 30.3 Å². The number of nitrogens with zero attached hydrogens (tertiary/aromatic N) is 2. The maximum Gasteiger partial charge on any atom is 0.303 e. The second-order valence-electron chi connectivity index (χ2n) is 5.81. The monoisotopic (exact) mass is 310 g/mol. The van der Waals surface area contributed by atoms with Crippen molar-refractivity contribution in [2.45, 2.75) is 57.9 Å². The highest BCUT2D eigenvalue weighted by atomic mass is 32.1. The summed E-state index contributed by atoms with van der Waals surface area (Å²) in [5, 5.41) is 11.6. The van der Waals surface area contributed by atoms with Gasteiger partial charge in [-0.3, -0.25) is 9.59 Å². The molecule has 1 amide bonds. The van der Waals surface area contributed by atoms with Gasteiger partial charge in [-0.25, -0.2) is 4.98 Å². The lowest BCUT2D eigenvalue weighted by Crippen LogP contribution is -2.44. The molecule has 0 bridgehead atoms. The molecule has 5 nitrogen and oxygen atoms in total. The van der Waals surface area contributed by atoms with Crippen LogP contribution in [0.4, 0.5) is 0 Å². The maximum atomic E-state index is 12.6. The molecule has 21 heavy (non-hydrogen) atoms. The summed E-state index contributed by atoms with van der Waals surface area (Å²) >= 11 is 1.52. The average Bonchev–Trinajstić information content (AvgIpc) is 2.94. The third kappa shape index (κ3) is 4.03. The van der Waals surface area contributed by atoms with Crippen molar-refractivity contribution in [1.82, 2.24) is 9.88 Å². The second kappa shape index (κ2) is 7.02. The third-order valence-corrected chi connectivity index (χ3v) is 4.96. The molecule has 1 aromatic rings. The summed E-state index contributed by atoms with van der Waals surface area (Å²) in [7, 11) is 0. The van der Waals surface area contributed by atoms with Crippen LogP contribution in [0.3, 0.4) is 0 Å². The van der Waals surface area contributed by atoms with Crippen LogP contribution in [0.1, 0.15) is 67.4 Å². The van der Waals surface area contributed by atoms with Crippen molar-refractivity contribution in [2.24, 2.45) is 0 Å². The number of hydrogen-bond acceptors (Lipinski definition) is 4. The Hall–Kier alpha value is -1.43. The van der Waals surface area contributed by atoms with Crippen molar-refractivity contribution in [1.29, 1.82) is 0 Å². The molecule has 116 valence electrons. The molecule has 0 aromatic carbocycles. The Bertz CT molecular complexity index is 513.